The number of hydrogen-bond donors (Lipinski definition) is 3. The topological polar surface area (TPSA) is 187 Å². The molecule has 3 fully saturated rings. The van der Waals surface area contributed by atoms with Crippen LogP contribution in [0.1, 0.15) is 64.2 Å². The molecule has 4 heterocycles. The standard InChI is InChI=1S/C47H49N6O9PS/c54-42-39-28-35(59-43-41(40-26-15-27-64-40)48-36-23-12-13-24-37(36)49-43)30-53(39)44(55)38(50-46(57)60-32-21-14-22-32)25-11-3-1-2-6-16-31-29-47(31,51-42)45(56)52-63(58,61-33-17-7-4-8-18-33)62-34-19-9-5-10-20-34/h4-10,12-13,15-20,23-24,26-27,31-32,35,38-39H,1-3,11,14,21-22,25,28-30H2,(H,50,57)(H,51,54)(H,52,56,58)/b16-6-/t31?,35-,38+,39+,47-/m1/s1. The first-order valence-corrected chi connectivity index (χ1v) is 24.2. The van der Waals surface area contributed by atoms with E-state index in [1.807, 2.05) is 53.9 Å². The number of benzene rings is 3. The van der Waals surface area contributed by atoms with E-state index < -0.39 is 61.2 Å². The average molecular weight is 905 g/mol. The van der Waals surface area contributed by atoms with E-state index in [9.17, 15) is 23.7 Å². The van der Waals surface area contributed by atoms with Crippen LogP contribution in [0.5, 0.6) is 17.4 Å². The van der Waals surface area contributed by atoms with Crippen LogP contribution in [-0.2, 0) is 23.7 Å². The lowest BCUT2D eigenvalue weighted by molar-refractivity contribution is -0.141. The largest absolute Gasteiger partial charge is 0.543 e. The normalized spacial score (nSPS) is 24.3. The predicted octanol–water partition coefficient (Wildman–Crippen LogP) is 8.13. The number of amides is 4. The van der Waals surface area contributed by atoms with Crippen molar-refractivity contribution < 1.29 is 42.3 Å². The summed E-state index contributed by atoms with van der Waals surface area (Å²) in [4.78, 5) is 69.5. The Morgan fingerprint density at radius 2 is 1.52 bits per heavy atom. The van der Waals surface area contributed by atoms with Crippen molar-refractivity contribution >= 4 is 53.9 Å². The van der Waals surface area contributed by atoms with Gasteiger partial charge in [0.05, 0.1) is 22.5 Å². The fourth-order valence-corrected chi connectivity index (χ4v) is 10.4. The highest BCUT2D eigenvalue weighted by Gasteiger charge is 2.62. The molecule has 1 unspecified atom stereocenters. The number of fused-ring (bicyclic) bond motifs is 3. The molecule has 0 spiro atoms. The van der Waals surface area contributed by atoms with Gasteiger partial charge in [-0.15, -0.1) is 11.3 Å². The Balaban J connectivity index is 1.03. The Labute approximate surface area is 374 Å². The molecule has 9 rings (SSSR count). The summed E-state index contributed by atoms with van der Waals surface area (Å²) in [6.45, 7) is -0.0290. The third-order valence-electron chi connectivity index (χ3n) is 12.0. The molecule has 15 nitrogen and oxygen atoms in total. The second-order valence-electron chi connectivity index (χ2n) is 16.6. The van der Waals surface area contributed by atoms with E-state index in [0.717, 1.165) is 37.0 Å². The summed E-state index contributed by atoms with van der Waals surface area (Å²) in [5, 5.41) is 10.3. The molecule has 4 amide bonds. The monoisotopic (exact) mass is 904 g/mol. The zero-order valence-electron chi connectivity index (χ0n) is 35.0. The highest BCUT2D eigenvalue weighted by Crippen LogP contribution is 2.50. The Hall–Kier alpha value is -6.25. The lowest BCUT2D eigenvalue weighted by Crippen LogP contribution is -2.57. The van der Waals surface area contributed by atoms with Gasteiger partial charge in [0.1, 0.15) is 47.0 Å². The second-order valence-corrected chi connectivity index (χ2v) is 19.1. The number of thiophene rings is 1. The van der Waals surface area contributed by atoms with Crippen molar-refractivity contribution in [2.45, 2.75) is 94.0 Å². The number of para-hydroxylation sites is 4. The molecule has 2 aliphatic heterocycles. The maximum atomic E-state index is 14.9. The molecule has 0 bridgehead atoms. The second kappa shape index (κ2) is 18.8. The molecule has 2 aromatic heterocycles. The van der Waals surface area contributed by atoms with Crippen LogP contribution in [0.2, 0.25) is 0 Å². The fraction of sp³-hybridized carbons (Fsp3) is 0.362. The molecule has 5 aromatic rings. The highest BCUT2D eigenvalue weighted by molar-refractivity contribution is 7.53. The van der Waals surface area contributed by atoms with E-state index in [-0.39, 0.29) is 42.9 Å². The SMILES string of the molecule is O=C(N[C@H]1CCCCC/C=C\C2C[C@@]2(C(=O)NP(=O)(Oc2ccccc2)Oc2ccccc2)NC(=O)[C@@H]2C[C@@H](Oc3nc4ccccc4nc3-c3cccs3)CN2C1=O)OC1CCC1. The lowest BCUT2D eigenvalue weighted by Gasteiger charge is -2.31. The maximum Gasteiger partial charge on any atom is 0.543 e. The van der Waals surface area contributed by atoms with Crippen LogP contribution in [0.15, 0.2) is 115 Å². The summed E-state index contributed by atoms with van der Waals surface area (Å²) in [6.07, 6.45) is 8.15. The minimum atomic E-state index is -4.48. The van der Waals surface area contributed by atoms with Gasteiger partial charge in [0.25, 0.3) is 5.91 Å². The molecule has 17 heteroatoms. The maximum absolute atomic E-state index is 14.9. The van der Waals surface area contributed by atoms with Crippen LogP contribution in [-0.4, -0.2) is 75.1 Å². The van der Waals surface area contributed by atoms with E-state index >= 15 is 0 Å². The van der Waals surface area contributed by atoms with Crippen molar-refractivity contribution in [3.8, 4) is 28.0 Å². The predicted molar refractivity (Wildman–Crippen MR) is 240 cm³/mol. The fourth-order valence-electron chi connectivity index (χ4n) is 8.31. The van der Waals surface area contributed by atoms with E-state index in [1.54, 1.807) is 60.7 Å². The van der Waals surface area contributed by atoms with Crippen LogP contribution in [0, 0.1) is 5.92 Å². The number of aromatic nitrogens is 2. The summed E-state index contributed by atoms with van der Waals surface area (Å²) >= 11 is 1.48. The van der Waals surface area contributed by atoms with E-state index in [0.29, 0.717) is 36.0 Å². The van der Waals surface area contributed by atoms with Crippen molar-refractivity contribution in [2.75, 3.05) is 6.54 Å². The molecule has 3 aromatic carbocycles. The molecule has 0 radical (unpaired) electrons. The number of allylic oxidation sites excluding steroid dienone is 1. The third kappa shape index (κ3) is 9.78. The van der Waals surface area contributed by atoms with Gasteiger partial charge in [-0.05, 0) is 92.8 Å². The van der Waals surface area contributed by atoms with Crippen molar-refractivity contribution in [3.05, 3.63) is 115 Å². The van der Waals surface area contributed by atoms with Crippen molar-refractivity contribution in [3.63, 3.8) is 0 Å². The van der Waals surface area contributed by atoms with Gasteiger partial charge >= 0.3 is 13.8 Å². The summed E-state index contributed by atoms with van der Waals surface area (Å²) in [7, 11) is -4.48. The Kier molecular flexibility index (Phi) is 12.7. The first-order valence-electron chi connectivity index (χ1n) is 21.8. The Morgan fingerprint density at radius 3 is 2.19 bits per heavy atom. The van der Waals surface area contributed by atoms with Crippen LogP contribution in [0.4, 0.5) is 4.79 Å². The van der Waals surface area contributed by atoms with Gasteiger partial charge in [0, 0.05) is 12.3 Å². The molecule has 2 aliphatic carbocycles. The number of nitrogens with one attached hydrogen (secondary N) is 3. The molecular weight excluding hydrogens is 856 g/mol. The van der Waals surface area contributed by atoms with Crippen LogP contribution >= 0.6 is 19.1 Å². The van der Waals surface area contributed by atoms with Crippen molar-refractivity contribution in [1.82, 2.24) is 30.6 Å². The molecule has 2 saturated carbocycles. The van der Waals surface area contributed by atoms with Gasteiger partial charge in [-0.1, -0.05) is 79.6 Å². The Bertz CT molecular complexity index is 2520. The average Bonchev–Trinajstić information content (AvgIpc) is 3.55. The highest BCUT2D eigenvalue weighted by atomic mass is 32.1. The third-order valence-corrected chi connectivity index (χ3v) is 14.3. The van der Waals surface area contributed by atoms with Crippen LogP contribution in [0.3, 0.4) is 0 Å². The van der Waals surface area contributed by atoms with E-state index in [4.69, 9.17) is 28.5 Å². The van der Waals surface area contributed by atoms with Gasteiger partial charge in [0.15, 0.2) is 0 Å². The summed E-state index contributed by atoms with van der Waals surface area (Å²) in [5.74, 6) is -1.71. The Morgan fingerprint density at radius 1 is 0.812 bits per heavy atom. The molecule has 5 atom stereocenters. The van der Waals surface area contributed by atoms with Crippen LogP contribution < -0.4 is 29.5 Å². The zero-order valence-corrected chi connectivity index (χ0v) is 36.7. The van der Waals surface area contributed by atoms with Crippen molar-refractivity contribution in [2.24, 2.45) is 5.92 Å². The minimum absolute atomic E-state index is 0.0279. The lowest BCUT2D eigenvalue weighted by atomic mass is 9.96. The summed E-state index contributed by atoms with van der Waals surface area (Å²) in [5.41, 5.74) is 0.242. The smallest absolute Gasteiger partial charge is 0.471 e. The van der Waals surface area contributed by atoms with E-state index in [2.05, 4.69) is 15.7 Å². The number of alkyl carbamates (subject to hydrolysis) is 1. The number of rotatable bonds is 11. The molecule has 3 N–H and O–H groups in total. The van der Waals surface area contributed by atoms with Gasteiger partial charge in [-0.2, -0.15) is 0 Å². The number of carbonyl (C=O) groups is 4. The number of ether oxygens (including phenoxy) is 2. The number of nitrogens with zero attached hydrogens (tertiary/aromatic N) is 3. The molecular formula is C47H49N6O9PS. The van der Waals surface area contributed by atoms with Gasteiger partial charge in [0.2, 0.25) is 17.7 Å². The first kappa shape index (κ1) is 43.0. The van der Waals surface area contributed by atoms with Gasteiger partial charge in [-0.3, -0.25) is 14.4 Å². The molecule has 332 valence electrons. The summed E-state index contributed by atoms with van der Waals surface area (Å²) in [6, 6.07) is 25.8. The van der Waals surface area contributed by atoms with Crippen molar-refractivity contribution in [1.29, 1.82) is 0 Å². The quantitative estimate of drug-likeness (QED) is 0.0858. The molecule has 64 heavy (non-hydrogen) atoms. The number of carbonyl (C=O) groups excluding carboxylic acids is 4. The van der Waals surface area contributed by atoms with Crippen LogP contribution in [0.25, 0.3) is 21.6 Å². The zero-order chi connectivity index (χ0) is 44.1. The van der Waals surface area contributed by atoms with Gasteiger partial charge < -0.3 is 34.1 Å². The van der Waals surface area contributed by atoms with E-state index in [1.165, 1.54) is 16.2 Å². The number of hydrogen-bond acceptors (Lipinski definition) is 12. The minimum Gasteiger partial charge on any atom is -0.471 e. The molecule has 4 aliphatic rings. The van der Waals surface area contributed by atoms with Gasteiger partial charge in [-0.25, -0.2) is 24.4 Å². The first-order chi connectivity index (χ1) is 31.1. The summed E-state index contributed by atoms with van der Waals surface area (Å²) < 4.78 is 38.6. The molecule has 1 saturated heterocycles.